The van der Waals surface area contributed by atoms with Crippen LogP contribution >= 0.6 is 36.6 Å². The second-order valence-electron chi connectivity index (χ2n) is 10.3. The van der Waals surface area contributed by atoms with Gasteiger partial charge in [-0.1, -0.05) is 47.7 Å². The number of thiophene rings is 1. The summed E-state index contributed by atoms with van der Waals surface area (Å²) in [6.07, 6.45) is 3.95. The van der Waals surface area contributed by atoms with Crippen LogP contribution in [0.2, 0.25) is 0 Å². The van der Waals surface area contributed by atoms with Crippen LogP contribution in [0.1, 0.15) is 0 Å². The molecule has 9 aromatic rings. The number of fused-ring (bicyclic) bond motifs is 9. The van der Waals surface area contributed by atoms with Crippen LogP contribution in [0, 0.1) is 0 Å². The second kappa shape index (κ2) is 8.60. The number of nitrogens with zero attached hydrogens (tertiary/aromatic N) is 4. The molecule has 41 heavy (non-hydrogen) atoms. The highest BCUT2D eigenvalue weighted by Gasteiger charge is 2.17. The van der Waals surface area contributed by atoms with Gasteiger partial charge in [0.05, 0.1) is 45.8 Å². The molecule has 0 aliphatic heterocycles. The summed E-state index contributed by atoms with van der Waals surface area (Å²) in [6, 6.07) is 34.2. The van der Waals surface area contributed by atoms with Gasteiger partial charge in [0.25, 0.3) is 0 Å². The van der Waals surface area contributed by atoms with E-state index < -0.39 is 0 Å². The monoisotopic (exact) mass is 580 g/mol. The highest BCUT2D eigenvalue weighted by molar-refractivity contribution is 7.80. The van der Waals surface area contributed by atoms with Crippen LogP contribution in [-0.2, 0) is 0 Å². The van der Waals surface area contributed by atoms with Crippen LogP contribution in [0.3, 0.4) is 0 Å². The summed E-state index contributed by atoms with van der Waals surface area (Å²) >= 11 is 10.9. The van der Waals surface area contributed by atoms with Gasteiger partial charge in [0.2, 0.25) is 0 Å². The minimum Gasteiger partial charge on any atom is -0.308 e. The van der Waals surface area contributed by atoms with E-state index in [1.165, 1.54) is 21.5 Å². The molecule has 194 valence electrons. The van der Waals surface area contributed by atoms with Crippen LogP contribution in [0.25, 0.3) is 75.4 Å². The normalized spacial score (nSPS) is 12.1. The number of para-hydroxylation sites is 2. The van der Waals surface area contributed by atoms with Crippen molar-refractivity contribution in [2.24, 2.45) is 0 Å². The van der Waals surface area contributed by atoms with E-state index in [2.05, 4.69) is 119 Å². The molecule has 0 amide bonds. The van der Waals surface area contributed by atoms with Crippen molar-refractivity contribution in [2.45, 2.75) is 9.79 Å². The summed E-state index contributed by atoms with van der Waals surface area (Å²) in [5.74, 6) is 0. The molecule has 4 aromatic carbocycles. The van der Waals surface area contributed by atoms with Crippen molar-refractivity contribution in [3.05, 3.63) is 109 Å². The van der Waals surface area contributed by atoms with Crippen LogP contribution in [-0.4, -0.2) is 19.1 Å². The van der Waals surface area contributed by atoms with Crippen molar-refractivity contribution in [3.8, 4) is 11.4 Å². The standard InChI is InChI=1S/C34H20N4S3/c39-21-9-11-31-25(15-21)23-5-1-3-7-29(23)37(31)19-13-27-28-14-20(18-36-34(28)41-33(27)35-17-19)38-30-8-4-2-6-24(30)26-16-22(40)10-12-32(26)38/h1-18,39-40H. The first-order valence-electron chi connectivity index (χ1n) is 13.3. The fraction of sp³-hybridized carbons (Fsp3) is 0. The molecule has 7 heteroatoms. The molecular formula is C34H20N4S3. The highest BCUT2D eigenvalue weighted by Crippen LogP contribution is 2.39. The maximum absolute atomic E-state index is 4.93. The van der Waals surface area contributed by atoms with Crippen LogP contribution in [0.15, 0.2) is 119 Å². The molecule has 0 radical (unpaired) electrons. The summed E-state index contributed by atoms with van der Waals surface area (Å²) in [5, 5.41) is 6.98. The molecule has 0 aliphatic carbocycles. The molecule has 5 heterocycles. The van der Waals surface area contributed by atoms with Gasteiger partial charge in [-0.3, -0.25) is 0 Å². The Hall–Kier alpha value is -4.30. The lowest BCUT2D eigenvalue weighted by atomic mass is 10.1. The predicted molar refractivity (Wildman–Crippen MR) is 178 cm³/mol. The predicted octanol–water partition coefficient (Wildman–Crippen LogP) is 9.62. The first kappa shape index (κ1) is 23.4. The van der Waals surface area contributed by atoms with Gasteiger partial charge in [0.1, 0.15) is 9.66 Å². The molecule has 0 bridgehead atoms. The Balaban J connectivity index is 1.31. The van der Waals surface area contributed by atoms with E-state index >= 15 is 0 Å². The van der Waals surface area contributed by atoms with E-state index in [1.54, 1.807) is 11.3 Å². The van der Waals surface area contributed by atoms with E-state index in [9.17, 15) is 0 Å². The van der Waals surface area contributed by atoms with E-state index in [0.29, 0.717) is 0 Å². The van der Waals surface area contributed by atoms with Crippen LogP contribution in [0.4, 0.5) is 0 Å². The largest absolute Gasteiger partial charge is 0.308 e. The summed E-state index contributed by atoms with van der Waals surface area (Å²) in [5.41, 5.74) is 6.62. The van der Waals surface area contributed by atoms with Gasteiger partial charge in [0, 0.05) is 42.1 Å². The molecule has 0 unspecified atom stereocenters. The van der Waals surface area contributed by atoms with E-state index in [0.717, 1.165) is 63.7 Å². The fourth-order valence-electron chi connectivity index (χ4n) is 6.25. The van der Waals surface area contributed by atoms with Gasteiger partial charge in [0.15, 0.2) is 0 Å². The highest BCUT2D eigenvalue weighted by atomic mass is 32.1. The van der Waals surface area contributed by atoms with E-state index in [-0.39, 0.29) is 0 Å². The summed E-state index contributed by atoms with van der Waals surface area (Å²) < 4.78 is 4.60. The summed E-state index contributed by atoms with van der Waals surface area (Å²) in [6.45, 7) is 0. The molecule has 0 saturated heterocycles. The van der Waals surface area contributed by atoms with Crippen molar-refractivity contribution in [2.75, 3.05) is 0 Å². The van der Waals surface area contributed by atoms with Crippen molar-refractivity contribution >= 4 is 101 Å². The first-order valence-corrected chi connectivity index (χ1v) is 15.0. The molecule has 4 nitrogen and oxygen atoms in total. The third-order valence-corrected chi connectivity index (χ3v) is 9.58. The zero-order valence-electron chi connectivity index (χ0n) is 21.5. The Bertz CT molecular complexity index is 2340. The number of pyridine rings is 2. The van der Waals surface area contributed by atoms with Gasteiger partial charge >= 0.3 is 0 Å². The van der Waals surface area contributed by atoms with E-state index in [4.69, 9.17) is 9.97 Å². The minimum absolute atomic E-state index is 0.951. The first-order chi connectivity index (χ1) is 20.1. The second-order valence-corrected chi connectivity index (χ2v) is 12.3. The molecule has 0 saturated carbocycles. The summed E-state index contributed by atoms with van der Waals surface area (Å²) in [4.78, 5) is 13.7. The lowest BCUT2D eigenvalue weighted by Crippen LogP contribution is -1.95. The average molecular weight is 581 g/mol. The van der Waals surface area contributed by atoms with Crippen LogP contribution < -0.4 is 0 Å². The number of benzene rings is 4. The van der Waals surface area contributed by atoms with Crippen molar-refractivity contribution in [1.82, 2.24) is 19.1 Å². The molecule has 0 N–H and O–H groups in total. The SMILES string of the molecule is Sc1ccc2c(c1)c1ccccc1n2-c1cnc2sc3ncc(-n4c5ccccc5c5cc(S)ccc54)cc3c2c1. The van der Waals surface area contributed by atoms with E-state index in [1.807, 2.05) is 24.5 Å². The lowest BCUT2D eigenvalue weighted by Gasteiger charge is -2.09. The zero-order valence-corrected chi connectivity index (χ0v) is 24.1. The molecule has 9 rings (SSSR count). The molecule has 0 fully saturated rings. The van der Waals surface area contributed by atoms with Gasteiger partial charge in [-0.05, 0) is 60.7 Å². The average Bonchev–Trinajstić information content (AvgIpc) is 3.64. The summed E-state index contributed by atoms with van der Waals surface area (Å²) in [7, 11) is 0. The number of aromatic nitrogens is 4. The number of hydrogen-bond acceptors (Lipinski definition) is 5. The third kappa shape index (κ3) is 3.37. The van der Waals surface area contributed by atoms with Gasteiger partial charge in [-0.2, -0.15) is 0 Å². The molecular weight excluding hydrogens is 561 g/mol. The fourth-order valence-corrected chi connectivity index (χ4v) is 7.60. The number of thiol groups is 2. The molecule has 0 aliphatic rings. The number of hydrogen-bond donors (Lipinski definition) is 2. The lowest BCUT2D eigenvalue weighted by molar-refractivity contribution is 1.16. The van der Waals surface area contributed by atoms with Gasteiger partial charge in [-0.15, -0.1) is 25.3 Å². The Labute approximate surface area is 249 Å². The quantitative estimate of drug-likeness (QED) is 0.200. The van der Waals surface area contributed by atoms with Gasteiger partial charge < -0.3 is 9.13 Å². The zero-order chi connectivity index (χ0) is 27.2. The Kier molecular flexibility index (Phi) is 4.91. The molecule has 5 aromatic heterocycles. The minimum atomic E-state index is 0.951. The Morgan fingerprint density at radius 2 is 0.902 bits per heavy atom. The van der Waals surface area contributed by atoms with Crippen molar-refractivity contribution in [1.29, 1.82) is 0 Å². The third-order valence-electron chi connectivity index (χ3n) is 7.99. The Morgan fingerprint density at radius 1 is 0.463 bits per heavy atom. The van der Waals surface area contributed by atoms with Crippen LogP contribution in [0.5, 0.6) is 0 Å². The number of rotatable bonds is 2. The van der Waals surface area contributed by atoms with Crippen molar-refractivity contribution < 1.29 is 0 Å². The molecule has 0 spiro atoms. The van der Waals surface area contributed by atoms with Gasteiger partial charge in [-0.25, -0.2) is 9.97 Å². The maximum atomic E-state index is 4.93. The Morgan fingerprint density at radius 3 is 1.39 bits per heavy atom. The topological polar surface area (TPSA) is 35.6 Å². The molecule has 0 atom stereocenters. The van der Waals surface area contributed by atoms with Crippen molar-refractivity contribution in [3.63, 3.8) is 0 Å². The maximum Gasteiger partial charge on any atom is 0.126 e. The smallest absolute Gasteiger partial charge is 0.126 e.